The quantitative estimate of drug-likeness (QED) is 0.308. The fourth-order valence-corrected chi connectivity index (χ4v) is 2.09. The van der Waals surface area contributed by atoms with Crippen LogP contribution < -0.4 is 4.74 Å². The highest BCUT2D eigenvalue weighted by Gasteiger charge is 2.36. The van der Waals surface area contributed by atoms with Crippen LogP contribution in [0.2, 0.25) is 0 Å². The number of hydrogen-bond acceptors (Lipinski definition) is 6. The lowest BCUT2D eigenvalue weighted by atomic mass is 10.1. The van der Waals surface area contributed by atoms with E-state index in [-0.39, 0.29) is 18.9 Å². The largest absolute Gasteiger partial charge is 0.497 e. The Morgan fingerprint density at radius 3 is 2.68 bits per heavy atom. The molecule has 1 aromatic rings. The van der Waals surface area contributed by atoms with E-state index >= 15 is 0 Å². The van der Waals surface area contributed by atoms with Gasteiger partial charge in [-0.05, 0) is 30.7 Å². The molecule has 0 radical (unpaired) electrons. The maximum atomic E-state index is 11.8. The molecule has 1 aliphatic heterocycles. The van der Waals surface area contributed by atoms with E-state index in [0.29, 0.717) is 30.8 Å². The molecule has 0 bridgehead atoms. The van der Waals surface area contributed by atoms with E-state index in [0.717, 1.165) is 0 Å². The fraction of sp³-hybridized carbons (Fsp3) is 0.400. The van der Waals surface area contributed by atoms with Gasteiger partial charge in [0.15, 0.2) is 6.23 Å². The van der Waals surface area contributed by atoms with Crippen molar-refractivity contribution >= 4 is 18.3 Å². The first-order chi connectivity index (χ1) is 10.7. The summed E-state index contributed by atoms with van der Waals surface area (Å²) in [6.45, 7) is 0.892. The highest BCUT2D eigenvalue weighted by molar-refractivity contribution is 5.89. The van der Waals surface area contributed by atoms with Crippen molar-refractivity contribution in [2.24, 2.45) is 0 Å². The van der Waals surface area contributed by atoms with Crippen LogP contribution in [0.5, 0.6) is 5.75 Å². The lowest BCUT2D eigenvalue weighted by Gasteiger charge is -2.38. The van der Waals surface area contributed by atoms with Gasteiger partial charge < -0.3 is 19.1 Å². The molecule has 0 aromatic heterocycles. The van der Waals surface area contributed by atoms with Gasteiger partial charge in [0.2, 0.25) is 5.91 Å². The van der Waals surface area contributed by atoms with Crippen LogP contribution in [0, 0.1) is 0 Å². The zero-order valence-corrected chi connectivity index (χ0v) is 12.2. The molecule has 0 N–H and O–H groups in total. The van der Waals surface area contributed by atoms with Crippen LogP contribution in [0.1, 0.15) is 23.2 Å². The number of β-lactam (4-membered cyclic amide) rings is 1. The second-order valence-corrected chi connectivity index (χ2v) is 4.70. The van der Waals surface area contributed by atoms with Crippen LogP contribution in [0.15, 0.2) is 24.3 Å². The second kappa shape index (κ2) is 7.44. The first-order valence-corrected chi connectivity index (χ1v) is 6.85. The van der Waals surface area contributed by atoms with E-state index in [4.69, 9.17) is 14.2 Å². The number of rotatable bonds is 8. The van der Waals surface area contributed by atoms with Crippen molar-refractivity contribution < 1.29 is 28.6 Å². The van der Waals surface area contributed by atoms with Gasteiger partial charge in [-0.25, -0.2) is 4.79 Å². The summed E-state index contributed by atoms with van der Waals surface area (Å²) in [4.78, 5) is 34.8. The normalized spacial score (nSPS) is 16.7. The topological polar surface area (TPSA) is 82.1 Å². The smallest absolute Gasteiger partial charge is 0.338 e. The predicted octanol–water partition coefficient (Wildman–Crippen LogP) is 0.973. The number of methoxy groups -OCH3 is 1. The van der Waals surface area contributed by atoms with E-state index in [1.807, 2.05) is 0 Å². The molecule has 1 amide bonds. The molecule has 0 saturated carbocycles. The third kappa shape index (κ3) is 3.75. The Balaban J connectivity index is 1.70. The number of benzene rings is 1. The zero-order valence-electron chi connectivity index (χ0n) is 12.2. The SMILES string of the molecule is COc1ccc(C(=O)OCCCN2C(=O)CC2OC=O)cc1. The summed E-state index contributed by atoms with van der Waals surface area (Å²) in [5, 5.41) is 0. The van der Waals surface area contributed by atoms with Crippen molar-refractivity contribution in [1.82, 2.24) is 4.90 Å². The van der Waals surface area contributed by atoms with Crippen molar-refractivity contribution in [2.45, 2.75) is 19.1 Å². The molecule has 1 atom stereocenters. The Morgan fingerprint density at radius 2 is 2.09 bits per heavy atom. The summed E-state index contributed by atoms with van der Waals surface area (Å²) in [5.74, 6) is 0.153. The van der Waals surface area contributed by atoms with Gasteiger partial charge in [-0.2, -0.15) is 0 Å². The van der Waals surface area contributed by atoms with Crippen LogP contribution >= 0.6 is 0 Å². The van der Waals surface area contributed by atoms with Crippen molar-refractivity contribution in [3.8, 4) is 5.75 Å². The van der Waals surface area contributed by atoms with Gasteiger partial charge in [0.25, 0.3) is 6.47 Å². The predicted molar refractivity (Wildman–Crippen MR) is 75.2 cm³/mol. The highest BCUT2D eigenvalue weighted by Crippen LogP contribution is 2.19. The fourth-order valence-electron chi connectivity index (χ4n) is 2.09. The molecule has 1 aromatic carbocycles. The molecule has 7 nitrogen and oxygen atoms in total. The third-order valence-electron chi connectivity index (χ3n) is 3.33. The van der Waals surface area contributed by atoms with Crippen molar-refractivity contribution in [3.05, 3.63) is 29.8 Å². The Bertz CT molecular complexity index is 539. The van der Waals surface area contributed by atoms with Gasteiger partial charge >= 0.3 is 5.97 Å². The van der Waals surface area contributed by atoms with E-state index in [1.54, 1.807) is 31.4 Å². The molecule has 1 unspecified atom stereocenters. The first-order valence-electron chi connectivity index (χ1n) is 6.85. The van der Waals surface area contributed by atoms with Crippen molar-refractivity contribution in [3.63, 3.8) is 0 Å². The van der Waals surface area contributed by atoms with Crippen LogP contribution in [0.3, 0.4) is 0 Å². The average molecular weight is 307 g/mol. The number of esters is 1. The molecule has 1 saturated heterocycles. The molecule has 0 spiro atoms. The monoisotopic (exact) mass is 307 g/mol. The van der Waals surface area contributed by atoms with Crippen LogP contribution in [0.25, 0.3) is 0 Å². The van der Waals surface area contributed by atoms with Gasteiger partial charge in [-0.15, -0.1) is 0 Å². The maximum absolute atomic E-state index is 11.8. The number of hydrogen-bond donors (Lipinski definition) is 0. The van der Waals surface area contributed by atoms with Gasteiger partial charge in [0.1, 0.15) is 5.75 Å². The minimum absolute atomic E-state index is 0.0756. The number of ether oxygens (including phenoxy) is 3. The van der Waals surface area contributed by atoms with E-state index in [1.165, 1.54) is 4.90 Å². The molecule has 0 aliphatic carbocycles. The number of amides is 1. The van der Waals surface area contributed by atoms with Crippen LogP contribution in [0.4, 0.5) is 0 Å². The number of carbonyl (C=O) groups excluding carboxylic acids is 3. The number of carbonyl (C=O) groups is 3. The number of nitrogens with zero attached hydrogens (tertiary/aromatic N) is 1. The molecule has 1 heterocycles. The maximum Gasteiger partial charge on any atom is 0.338 e. The summed E-state index contributed by atoms with van der Waals surface area (Å²) in [6.07, 6.45) is 0.207. The second-order valence-electron chi connectivity index (χ2n) is 4.70. The average Bonchev–Trinajstić information content (AvgIpc) is 2.54. The summed E-state index contributed by atoms with van der Waals surface area (Å²) < 4.78 is 14.9. The summed E-state index contributed by atoms with van der Waals surface area (Å²) in [5.41, 5.74) is 0.433. The minimum atomic E-state index is -0.484. The van der Waals surface area contributed by atoms with Crippen LogP contribution in [-0.4, -0.2) is 49.7 Å². The molecule has 118 valence electrons. The standard InChI is InChI=1S/C15H17NO6/c1-20-12-5-3-11(4-6-12)15(19)21-8-2-7-16-13(18)9-14(16)22-10-17/h3-6,10,14H,2,7-9H2,1H3. The highest BCUT2D eigenvalue weighted by atomic mass is 16.5. The molecule has 2 rings (SSSR count). The third-order valence-corrected chi connectivity index (χ3v) is 3.33. The summed E-state index contributed by atoms with van der Waals surface area (Å²) >= 11 is 0. The van der Waals surface area contributed by atoms with Gasteiger partial charge in [0.05, 0.1) is 25.7 Å². The van der Waals surface area contributed by atoms with Gasteiger partial charge in [-0.3, -0.25) is 9.59 Å². The Kier molecular flexibility index (Phi) is 5.35. The lowest BCUT2D eigenvalue weighted by Crippen LogP contribution is -2.54. The van der Waals surface area contributed by atoms with Gasteiger partial charge in [0, 0.05) is 6.54 Å². The molecule has 1 aliphatic rings. The van der Waals surface area contributed by atoms with Crippen molar-refractivity contribution in [2.75, 3.05) is 20.3 Å². The Morgan fingerprint density at radius 1 is 1.36 bits per heavy atom. The Hall–Kier alpha value is -2.57. The summed E-state index contributed by atoms with van der Waals surface area (Å²) in [6, 6.07) is 6.59. The molecular formula is C15H17NO6. The first kappa shape index (κ1) is 15.8. The number of likely N-dealkylation sites (tertiary alicyclic amines) is 1. The van der Waals surface area contributed by atoms with E-state index < -0.39 is 12.2 Å². The Labute approximate surface area is 127 Å². The minimum Gasteiger partial charge on any atom is -0.497 e. The van der Waals surface area contributed by atoms with E-state index in [2.05, 4.69) is 0 Å². The van der Waals surface area contributed by atoms with Gasteiger partial charge in [-0.1, -0.05) is 0 Å². The molecular weight excluding hydrogens is 290 g/mol. The zero-order chi connectivity index (χ0) is 15.9. The van der Waals surface area contributed by atoms with Crippen molar-refractivity contribution in [1.29, 1.82) is 0 Å². The summed E-state index contributed by atoms with van der Waals surface area (Å²) in [7, 11) is 1.55. The molecule has 7 heteroatoms. The van der Waals surface area contributed by atoms with Crippen LogP contribution in [-0.2, 0) is 19.1 Å². The van der Waals surface area contributed by atoms with E-state index in [9.17, 15) is 14.4 Å². The molecule has 22 heavy (non-hydrogen) atoms. The molecule has 1 fully saturated rings. The lowest BCUT2D eigenvalue weighted by molar-refractivity contribution is -0.176.